The van der Waals surface area contributed by atoms with E-state index in [1.54, 1.807) is 0 Å². The van der Waals surface area contributed by atoms with Crippen LogP contribution in [-0.4, -0.2) is 23.6 Å². The Bertz CT molecular complexity index is 638. The maximum atomic E-state index is 10.2. The lowest BCUT2D eigenvalue weighted by Gasteiger charge is -2.24. The SMILES string of the molecule is CC(Cl)C1c2c(cc(O)c3ccccc23)N(C)[C@@H]1C. The van der Waals surface area contributed by atoms with Crippen LogP contribution in [0.15, 0.2) is 30.3 Å². The summed E-state index contributed by atoms with van der Waals surface area (Å²) in [6.07, 6.45) is 0. The molecule has 3 atom stereocenters. The summed E-state index contributed by atoms with van der Waals surface area (Å²) < 4.78 is 0. The van der Waals surface area contributed by atoms with Crippen LogP contribution in [0, 0.1) is 0 Å². The van der Waals surface area contributed by atoms with Crippen LogP contribution < -0.4 is 4.90 Å². The van der Waals surface area contributed by atoms with Gasteiger partial charge in [0.1, 0.15) is 5.75 Å². The minimum atomic E-state index is 0.0617. The second-order valence-electron chi connectivity index (χ2n) is 5.43. The molecule has 0 fully saturated rings. The molecule has 0 saturated carbocycles. The van der Waals surface area contributed by atoms with E-state index in [1.807, 2.05) is 31.2 Å². The van der Waals surface area contributed by atoms with Gasteiger partial charge in [0.05, 0.1) is 0 Å². The molecule has 1 aliphatic rings. The summed E-state index contributed by atoms with van der Waals surface area (Å²) in [6.45, 7) is 4.24. The van der Waals surface area contributed by atoms with Gasteiger partial charge in [-0.1, -0.05) is 24.3 Å². The molecule has 2 aromatic carbocycles. The summed E-state index contributed by atoms with van der Waals surface area (Å²) in [5.41, 5.74) is 2.37. The highest BCUT2D eigenvalue weighted by Gasteiger charge is 2.38. The van der Waals surface area contributed by atoms with E-state index < -0.39 is 0 Å². The first kappa shape index (κ1) is 12.6. The third-order valence-corrected chi connectivity index (χ3v) is 4.65. The Hall–Kier alpha value is -1.41. The molecule has 0 radical (unpaired) electrons. The van der Waals surface area contributed by atoms with Crippen molar-refractivity contribution in [3.63, 3.8) is 0 Å². The first-order valence-electron chi connectivity index (χ1n) is 6.64. The van der Waals surface area contributed by atoms with Gasteiger partial charge in [0, 0.05) is 41.5 Å². The number of hydrogen-bond donors (Lipinski definition) is 1. The highest BCUT2D eigenvalue weighted by molar-refractivity contribution is 6.21. The van der Waals surface area contributed by atoms with Crippen LogP contribution in [0.25, 0.3) is 10.8 Å². The van der Waals surface area contributed by atoms with Gasteiger partial charge in [0.15, 0.2) is 0 Å². The molecule has 0 aromatic heterocycles. The zero-order chi connectivity index (χ0) is 13.7. The summed E-state index contributed by atoms with van der Waals surface area (Å²) in [4.78, 5) is 2.21. The molecule has 2 nitrogen and oxygen atoms in total. The number of likely N-dealkylation sites (N-methyl/N-ethyl adjacent to an activating group) is 1. The maximum absolute atomic E-state index is 10.2. The molecule has 100 valence electrons. The summed E-state index contributed by atoms with van der Waals surface area (Å²) in [7, 11) is 2.07. The van der Waals surface area contributed by atoms with E-state index >= 15 is 0 Å². The lowest BCUT2D eigenvalue weighted by molar-refractivity contribution is 0.481. The number of anilines is 1. The number of phenolic OH excluding ortho intramolecular Hbond substituents is 1. The van der Waals surface area contributed by atoms with E-state index in [-0.39, 0.29) is 11.3 Å². The Kier molecular flexibility index (Phi) is 2.86. The van der Waals surface area contributed by atoms with Gasteiger partial charge >= 0.3 is 0 Å². The fourth-order valence-corrected chi connectivity index (χ4v) is 3.66. The number of alkyl halides is 1. The van der Waals surface area contributed by atoms with Crippen molar-refractivity contribution in [1.29, 1.82) is 0 Å². The third kappa shape index (κ3) is 1.70. The van der Waals surface area contributed by atoms with E-state index in [9.17, 15) is 5.11 Å². The summed E-state index contributed by atoms with van der Waals surface area (Å²) in [5.74, 6) is 0.628. The molecule has 2 unspecified atom stereocenters. The van der Waals surface area contributed by atoms with Crippen LogP contribution >= 0.6 is 11.6 Å². The molecular formula is C16H18ClNO. The van der Waals surface area contributed by atoms with E-state index in [4.69, 9.17) is 11.6 Å². The molecule has 3 rings (SSSR count). The lowest BCUT2D eigenvalue weighted by atomic mass is 9.89. The molecular weight excluding hydrogens is 258 g/mol. The van der Waals surface area contributed by atoms with Gasteiger partial charge in [-0.15, -0.1) is 11.6 Å². The molecule has 0 amide bonds. The second-order valence-corrected chi connectivity index (χ2v) is 6.12. The molecule has 19 heavy (non-hydrogen) atoms. The van der Waals surface area contributed by atoms with Crippen molar-refractivity contribution >= 4 is 28.1 Å². The molecule has 1 N–H and O–H groups in total. The topological polar surface area (TPSA) is 23.5 Å². The number of hydrogen-bond acceptors (Lipinski definition) is 2. The average molecular weight is 276 g/mol. The van der Waals surface area contributed by atoms with Crippen LogP contribution in [0.4, 0.5) is 5.69 Å². The molecule has 0 aliphatic carbocycles. The van der Waals surface area contributed by atoms with Crippen molar-refractivity contribution in [2.45, 2.75) is 31.2 Å². The van der Waals surface area contributed by atoms with Crippen LogP contribution in [0.5, 0.6) is 5.75 Å². The fraction of sp³-hybridized carbons (Fsp3) is 0.375. The third-order valence-electron chi connectivity index (χ3n) is 4.38. The number of rotatable bonds is 1. The first-order valence-corrected chi connectivity index (χ1v) is 7.07. The Morgan fingerprint density at radius 1 is 1.26 bits per heavy atom. The quantitative estimate of drug-likeness (QED) is 0.792. The van der Waals surface area contributed by atoms with Gasteiger partial charge < -0.3 is 10.0 Å². The van der Waals surface area contributed by atoms with E-state index in [0.717, 1.165) is 16.5 Å². The number of phenols is 1. The van der Waals surface area contributed by atoms with Crippen molar-refractivity contribution in [2.24, 2.45) is 0 Å². The number of benzene rings is 2. The van der Waals surface area contributed by atoms with Gasteiger partial charge in [-0.25, -0.2) is 0 Å². The second kappa shape index (κ2) is 4.31. The molecule has 0 spiro atoms. The molecule has 0 saturated heterocycles. The van der Waals surface area contributed by atoms with Crippen molar-refractivity contribution in [3.8, 4) is 5.75 Å². The monoisotopic (exact) mass is 275 g/mol. The van der Waals surface area contributed by atoms with E-state index in [0.29, 0.717) is 11.8 Å². The van der Waals surface area contributed by atoms with E-state index in [2.05, 4.69) is 24.9 Å². The minimum Gasteiger partial charge on any atom is -0.507 e. The number of fused-ring (bicyclic) bond motifs is 3. The molecule has 1 aliphatic heterocycles. The fourth-order valence-electron chi connectivity index (χ4n) is 3.32. The van der Waals surface area contributed by atoms with Crippen LogP contribution in [0.3, 0.4) is 0 Å². The summed E-state index contributed by atoms with van der Waals surface area (Å²) in [5, 5.41) is 12.3. The zero-order valence-electron chi connectivity index (χ0n) is 11.4. The Morgan fingerprint density at radius 2 is 1.89 bits per heavy atom. The molecule has 1 heterocycles. The van der Waals surface area contributed by atoms with Crippen LogP contribution in [0.2, 0.25) is 0 Å². The van der Waals surface area contributed by atoms with Crippen molar-refractivity contribution in [3.05, 3.63) is 35.9 Å². The normalized spacial score (nSPS) is 23.7. The van der Waals surface area contributed by atoms with Gasteiger partial charge in [0.25, 0.3) is 0 Å². The number of aromatic hydroxyl groups is 1. The van der Waals surface area contributed by atoms with Gasteiger partial charge in [0.2, 0.25) is 0 Å². The first-order chi connectivity index (χ1) is 9.02. The number of halogens is 1. The summed E-state index contributed by atoms with van der Waals surface area (Å²) in [6, 6.07) is 10.2. The Labute approximate surface area is 118 Å². The lowest BCUT2D eigenvalue weighted by Crippen LogP contribution is -2.30. The van der Waals surface area contributed by atoms with E-state index in [1.165, 1.54) is 5.56 Å². The van der Waals surface area contributed by atoms with Crippen molar-refractivity contribution < 1.29 is 5.11 Å². The molecule has 3 heteroatoms. The maximum Gasteiger partial charge on any atom is 0.125 e. The molecule has 0 bridgehead atoms. The van der Waals surface area contributed by atoms with Gasteiger partial charge in [-0.3, -0.25) is 0 Å². The predicted octanol–water partition coefficient (Wildman–Crippen LogP) is 4.09. The predicted molar refractivity (Wildman–Crippen MR) is 81.5 cm³/mol. The highest BCUT2D eigenvalue weighted by atomic mass is 35.5. The van der Waals surface area contributed by atoms with Gasteiger partial charge in [-0.2, -0.15) is 0 Å². The number of nitrogens with zero attached hydrogens (tertiary/aromatic N) is 1. The summed E-state index contributed by atoms with van der Waals surface area (Å²) >= 11 is 6.42. The highest BCUT2D eigenvalue weighted by Crippen LogP contribution is 2.49. The standard InChI is InChI=1S/C16H18ClNO/c1-9(17)15-10(2)18(3)13-8-14(19)11-6-4-5-7-12(11)16(13)15/h4-10,15,19H,1-3H3/t9?,10-,15?/m1/s1. The minimum absolute atomic E-state index is 0.0617. The van der Waals surface area contributed by atoms with Crippen LogP contribution in [-0.2, 0) is 0 Å². The van der Waals surface area contributed by atoms with Gasteiger partial charge in [-0.05, 0) is 24.8 Å². The van der Waals surface area contributed by atoms with Crippen LogP contribution in [0.1, 0.15) is 25.3 Å². The van der Waals surface area contributed by atoms with Crippen molar-refractivity contribution in [1.82, 2.24) is 0 Å². The smallest absolute Gasteiger partial charge is 0.125 e. The Balaban J connectivity index is 2.37. The molecule has 2 aromatic rings. The van der Waals surface area contributed by atoms with Crippen molar-refractivity contribution in [2.75, 3.05) is 11.9 Å². The average Bonchev–Trinajstić information content (AvgIpc) is 2.64. The zero-order valence-corrected chi connectivity index (χ0v) is 12.1. The Morgan fingerprint density at radius 3 is 2.53 bits per heavy atom. The largest absolute Gasteiger partial charge is 0.507 e.